The van der Waals surface area contributed by atoms with Gasteiger partial charge in [0.2, 0.25) is 5.91 Å². The molecule has 3 heteroatoms. The minimum atomic E-state index is -0.275. The summed E-state index contributed by atoms with van der Waals surface area (Å²) in [7, 11) is 1.85. The van der Waals surface area contributed by atoms with Gasteiger partial charge in [-0.3, -0.25) is 4.79 Å². The predicted octanol–water partition coefficient (Wildman–Crippen LogP) is 2.94. The molecule has 2 rings (SSSR count). The van der Waals surface area contributed by atoms with E-state index in [9.17, 15) is 9.18 Å². The van der Waals surface area contributed by atoms with Crippen LogP contribution in [-0.4, -0.2) is 23.9 Å². The van der Waals surface area contributed by atoms with Gasteiger partial charge in [-0.15, -0.1) is 0 Å². The lowest BCUT2D eigenvalue weighted by atomic mass is 9.95. The molecule has 1 unspecified atom stereocenters. The van der Waals surface area contributed by atoms with Crippen molar-refractivity contribution in [3.05, 3.63) is 35.6 Å². The molecule has 1 atom stereocenters. The fourth-order valence-electron chi connectivity index (χ4n) is 2.16. The Morgan fingerprint density at radius 1 is 1.53 bits per heavy atom. The molecule has 0 heterocycles. The maximum Gasteiger partial charge on any atom is 0.230 e. The predicted molar refractivity (Wildman–Crippen MR) is 65.2 cm³/mol. The maximum absolute atomic E-state index is 13.2. The first-order valence-electron chi connectivity index (χ1n) is 6.15. The second kappa shape index (κ2) is 4.86. The normalized spacial score (nSPS) is 16.6. The van der Waals surface area contributed by atoms with E-state index in [1.165, 1.54) is 12.1 Å². The van der Waals surface area contributed by atoms with E-state index >= 15 is 0 Å². The van der Waals surface area contributed by atoms with Crippen LogP contribution >= 0.6 is 0 Å². The van der Waals surface area contributed by atoms with E-state index in [0.29, 0.717) is 12.5 Å². The molecule has 0 radical (unpaired) electrons. The molecule has 1 aliphatic rings. The Labute approximate surface area is 101 Å². The third-order valence-electron chi connectivity index (χ3n) is 3.40. The van der Waals surface area contributed by atoms with Crippen LogP contribution in [0.25, 0.3) is 0 Å². The highest BCUT2D eigenvalue weighted by Crippen LogP contribution is 2.30. The average molecular weight is 235 g/mol. The minimum Gasteiger partial charge on any atom is -0.342 e. The fourth-order valence-corrected chi connectivity index (χ4v) is 2.16. The van der Waals surface area contributed by atoms with E-state index in [4.69, 9.17) is 0 Å². The highest BCUT2D eigenvalue weighted by Gasteiger charge is 2.33. The largest absolute Gasteiger partial charge is 0.342 e. The van der Waals surface area contributed by atoms with E-state index < -0.39 is 0 Å². The van der Waals surface area contributed by atoms with Gasteiger partial charge in [0.15, 0.2) is 0 Å². The van der Waals surface area contributed by atoms with Crippen molar-refractivity contribution in [2.45, 2.75) is 38.1 Å². The topological polar surface area (TPSA) is 20.3 Å². The summed E-state index contributed by atoms with van der Waals surface area (Å²) < 4.78 is 13.2. The van der Waals surface area contributed by atoms with Gasteiger partial charge in [-0.1, -0.05) is 19.1 Å². The van der Waals surface area contributed by atoms with Crippen molar-refractivity contribution >= 4 is 5.91 Å². The second-order valence-electron chi connectivity index (χ2n) is 4.70. The summed E-state index contributed by atoms with van der Waals surface area (Å²) in [6.45, 7) is 1.97. The molecule has 0 N–H and O–H groups in total. The van der Waals surface area contributed by atoms with Crippen molar-refractivity contribution in [3.8, 4) is 0 Å². The third kappa shape index (κ3) is 2.65. The van der Waals surface area contributed by atoms with Gasteiger partial charge in [0.05, 0.1) is 5.92 Å². The Kier molecular flexibility index (Phi) is 3.46. The number of hydrogen-bond acceptors (Lipinski definition) is 1. The summed E-state index contributed by atoms with van der Waals surface area (Å²) in [6, 6.07) is 6.77. The molecule has 1 aromatic carbocycles. The fraction of sp³-hybridized carbons (Fsp3) is 0.500. The van der Waals surface area contributed by atoms with Gasteiger partial charge in [0.1, 0.15) is 5.82 Å². The number of amides is 1. The van der Waals surface area contributed by atoms with E-state index in [1.807, 2.05) is 24.9 Å². The zero-order chi connectivity index (χ0) is 12.4. The van der Waals surface area contributed by atoms with Crippen LogP contribution in [0.1, 0.15) is 37.7 Å². The zero-order valence-electron chi connectivity index (χ0n) is 10.3. The smallest absolute Gasteiger partial charge is 0.230 e. The molecule has 0 aromatic heterocycles. The van der Waals surface area contributed by atoms with Gasteiger partial charge in [-0.05, 0) is 37.0 Å². The van der Waals surface area contributed by atoms with Crippen molar-refractivity contribution < 1.29 is 9.18 Å². The van der Waals surface area contributed by atoms with Crippen molar-refractivity contribution in [1.82, 2.24) is 4.90 Å². The minimum absolute atomic E-state index is 0.112. The summed E-state index contributed by atoms with van der Waals surface area (Å²) in [5, 5.41) is 0. The lowest BCUT2D eigenvalue weighted by molar-refractivity contribution is -0.132. The zero-order valence-corrected chi connectivity index (χ0v) is 10.3. The summed E-state index contributed by atoms with van der Waals surface area (Å²) >= 11 is 0. The van der Waals surface area contributed by atoms with Crippen molar-refractivity contribution in [2.24, 2.45) is 0 Å². The van der Waals surface area contributed by atoms with E-state index in [2.05, 4.69) is 0 Å². The van der Waals surface area contributed by atoms with Gasteiger partial charge < -0.3 is 4.90 Å². The summed E-state index contributed by atoms with van der Waals surface area (Å²) in [5.74, 6) is -0.375. The number of carbonyl (C=O) groups excluding carboxylic acids is 1. The monoisotopic (exact) mass is 235 g/mol. The van der Waals surface area contributed by atoms with Gasteiger partial charge in [0.25, 0.3) is 0 Å². The molecule has 1 fully saturated rings. The molecule has 2 nitrogen and oxygen atoms in total. The Bertz CT molecular complexity index is 414. The average Bonchev–Trinajstić information content (AvgIpc) is 3.13. The van der Waals surface area contributed by atoms with Gasteiger partial charge in [-0.2, -0.15) is 0 Å². The first kappa shape index (κ1) is 12.1. The van der Waals surface area contributed by atoms with Crippen LogP contribution in [0.3, 0.4) is 0 Å². The Morgan fingerprint density at radius 2 is 2.24 bits per heavy atom. The first-order valence-corrected chi connectivity index (χ1v) is 6.15. The lowest BCUT2D eigenvalue weighted by Gasteiger charge is -2.23. The van der Waals surface area contributed by atoms with Crippen LogP contribution in [0, 0.1) is 5.82 Å². The standard InChI is InChI=1S/C14H18FNO/c1-3-13(10-5-4-6-11(15)9-10)14(17)16(2)12-7-8-12/h4-6,9,12-13H,3,7-8H2,1-2H3. The molecule has 0 saturated heterocycles. The molecule has 0 spiro atoms. The van der Waals surface area contributed by atoms with Crippen LogP contribution in [0.2, 0.25) is 0 Å². The van der Waals surface area contributed by atoms with E-state index in [-0.39, 0.29) is 17.6 Å². The second-order valence-corrected chi connectivity index (χ2v) is 4.70. The number of benzene rings is 1. The van der Waals surface area contributed by atoms with Crippen molar-refractivity contribution in [1.29, 1.82) is 0 Å². The molecule has 0 bridgehead atoms. The summed E-state index contributed by atoms with van der Waals surface area (Å²) in [4.78, 5) is 14.1. The van der Waals surface area contributed by atoms with Crippen molar-refractivity contribution in [2.75, 3.05) is 7.05 Å². The van der Waals surface area contributed by atoms with Crippen LogP contribution in [-0.2, 0) is 4.79 Å². The van der Waals surface area contributed by atoms with Gasteiger partial charge in [-0.25, -0.2) is 4.39 Å². The Balaban J connectivity index is 2.17. The van der Waals surface area contributed by atoms with Crippen LogP contribution in [0.15, 0.2) is 24.3 Å². The summed E-state index contributed by atoms with van der Waals surface area (Å²) in [6.07, 6.45) is 2.91. The van der Waals surface area contributed by atoms with E-state index in [0.717, 1.165) is 18.4 Å². The molecule has 92 valence electrons. The molecule has 0 aliphatic heterocycles. The maximum atomic E-state index is 13.2. The molecular formula is C14H18FNO. The summed E-state index contributed by atoms with van der Waals surface area (Å²) in [5.41, 5.74) is 0.782. The highest BCUT2D eigenvalue weighted by molar-refractivity contribution is 5.84. The Morgan fingerprint density at radius 3 is 2.76 bits per heavy atom. The van der Waals surface area contributed by atoms with E-state index in [1.54, 1.807) is 6.07 Å². The molecule has 1 aliphatic carbocycles. The number of likely N-dealkylation sites (N-methyl/N-ethyl adjacent to an activating group) is 1. The molecular weight excluding hydrogens is 217 g/mol. The number of nitrogens with zero attached hydrogens (tertiary/aromatic N) is 1. The molecule has 17 heavy (non-hydrogen) atoms. The third-order valence-corrected chi connectivity index (χ3v) is 3.40. The van der Waals surface area contributed by atoms with Crippen LogP contribution in [0.4, 0.5) is 4.39 Å². The van der Waals surface area contributed by atoms with Crippen LogP contribution in [0.5, 0.6) is 0 Å². The van der Waals surface area contributed by atoms with Crippen LogP contribution < -0.4 is 0 Å². The number of carbonyl (C=O) groups is 1. The number of hydrogen-bond donors (Lipinski definition) is 0. The first-order chi connectivity index (χ1) is 8.13. The molecule has 1 amide bonds. The van der Waals surface area contributed by atoms with Crippen molar-refractivity contribution in [3.63, 3.8) is 0 Å². The lowest BCUT2D eigenvalue weighted by Crippen LogP contribution is -2.33. The molecule has 1 saturated carbocycles. The van der Waals surface area contributed by atoms with Gasteiger partial charge >= 0.3 is 0 Å². The van der Waals surface area contributed by atoms with Gasteiger partial charge in [0, 0.05) is 13.1 Å². The number of rotatable bonds is 4. The number of halogens is 1. The highest BCUT2D eigenvalue weighted by atomic mass is 19.1. The Hall–Kier alpha value is -1.38. The molecule has 1 aromatic rings. The SMILES string of the molecule is CCC(C(=O)N(C)C1CC1)c1cccc(F)c1. The quantitative estimate of drug-likeness (QED) is 0.785.